The van der Waals surface area contributed by atoms with Crippen LogP contribution in [0.5, 0.6) is 5.75 Å². The summed E-state index contributed by atoms with van der Waals surface area (Å²) in [6, 6.07) is 4.81. The number of benzene rings is 1. The molecule has 0 aliphatic carbocycles. The average Bonchev–Trinajstić information content (AvgIpc) is 2.41. The highest BCUT2D eigenvalue weighted by molar-refractivity contribution is 5.91. The van der Waals surface area contributed by atoms with E-state index in [1.165, 1.54) is 0 Å². The molecule has 0 aromatic heterocycles. The monoisotopic (exact) mass is 267 g/mol. The van der Waals surface area contributed by atoms with Crippen LogP contribution in [0.15, 0.2) is 18.2 Å². The van der Waals surface area contributed by atoms with Crippen molar-refractivity contribution < 1.29 is 19.4 Å². The van der Waals surface area contributed by atoms with E-state index in [-0.39, 0.29) is 12.6 Å². The molecule has 3 N–H and O–H groups in total. The summed E-state index contributed by atoms with van der Waals surface area (Å²) < 4.78 is 10.5. The van der Waals surface area contributed by atoms with Gasteiger partial charge in [0.1, 0.15) is 5.75 Å². The van der Waals surface area contributed by atoms with Crippen molar-refractivity contribution in [3.8, 4) is 5.75 Å². The molecule has 0 aliphatic rings. The lowest BCUT2D eigenvalue weighted by Crippen LogP contribution is -2.08. The van der Waals surface area contributed by atoms with Crippen molar-refractivity contribution in [2.75, 3.05) is 25.6 Å². The van der Waals surface area contributed by atoms with Crippen molar-refractivity contribution in [1.29, 1.82) is 0 Å². The Balaban J connectivity index is 2.57. The number of hydrogen-bond acceptors (Lipinski definition) is 5. The standard InChI is InChI=1S/C14H21NO4/c1-2-3-8-19-14(17)11-5-6-13(12(15)10-11)18-9-4-7-16/h5-6,10,16H,2-4,7-9,15H2,1H3. The fourth-order valence-corrected chi connectivity index (χ4v) is 1.45. The number of carbonyl (C=O) groups excluding carboxylic acids is 1. The Morgan fingerprint density at radius 2 is 2.11 bits per heavy atom. The minimum atomic E-state index is -0.373. The van der Waals surface area contributed by atoms with E-state index in [2.05, 4.69) is 0 Å². The maximum atomic E-state index is 11.7. The number of nitrogens with two attached hydrogens (primary N) is 1. The summed E-state index contributed by atoms with van der Waals surface area (Å²) in [6.07, 6.45) is 2.37. The van der Waals surface area contributed by atoms with Crippen LogP contribution in [-0.4, -0.2) is 30.9 Å². The predicted octanol–water partition coefficient (Wildman–Crippen LogP) is 1.99. The summed E-state index contributed by atoms with van der Waals surface area (Å²) in [6.45, 7) is 2.91. The number of hydrogen-bond donors (Lipinski definition) is 2. The normalized spacial score (nSPS) is 10.2. The number of carbonyl (C=O) groups is 1. The number of ether oxygens (including phenoxy) is 2. The molecule has 1 aromatic carbocycles. The van der Waals surface area contributed by atoms with Crippen molar-refractivity contribution in [2.24, 2.45) is 0 Å². The molecular weight excluding hydrogens is 246 g/mol. The summed E-state index contributed by atoms with van der Waals surface area (Å²) in [5.41, 5.74) is 6.61. The van der Waals surface area contributed by atoms with Crippen LogP contribution in [0.25, 0.3) is 0 Å². The highest BCUT2D eigenvalue weighted by atomic mass is 16.5. The minimum absolute atomic E-state index is 0.0712. The third-order valence-corrected chi connectivity index (χ3v) is 2.54. The molecule has 19 heavy (non-hydrogen) atoms. The molecule has 0 fully saturated rings. The number of unbranched alkanes of at least 4 members (excludes halogenated alkanes) is 1. The zero-order valence-electron chi connectivity index (χ0n) is 11.2. The molecule has 0 unspecified atom stereocenters. The van der Waals surface area contributed by atoms with Gasteiger partial charge in [0.2, 0.25) is 0 Å². The Hall–Kier alpha value is -1.75. The van der Waals surface area contributed by atoms with Crippen LogP contribution in [0.3, 0.4) is 0 Å². The Labute approximate surface area is 113 Å². The van der Waals surface area contributed by atoms with Crippen LogP contribution < -0.4 is 10.5 Å². The van der Waals surface area contributed by atoms with E-state index in [0.717, 1.165) is 12.8 Å². The predicted molar refractivity (Wildman–Crippen MR) is 73.2 cm³/mol. The third kappa shape index (κ3) is 5.18. The largest absolute Gasteiger partial charge is 0.491 e. The summed E-state index contributed by atoms with van der Waals surface area (Å²) in [4.78, 5) is 11.7. The van der Waals surface area contributed by atoms with E-state index >= 15 is 0 Å². The number of rotatable bonds is 8. The van der Waals surface area contributed by atoms with Crippen molar-refractivity contribution in [3.63, 3.8) is 0 Å². The van der Waals surface area contributed by atoms with Crippen LogP contribution in [0.1, 0.15) is 36.5 Å². The Morgan fingerprint density at radius 1 is 1.32 bits per heavy atom. The molecule has 0 bridgehead atoms. The number of aliphatic hydroxyl groups excluding tert-OH is 1. The smallest absolute Gasteiger partial charge is 0.338 e. The lowest BCUT2D eigenvalue weighted by molar-refractivity contribution is 0.0500. The van der Waals surface area contributed by atoms with E-state index < -0.39 is 0 Å². The molecule has 0 heterocycles. The van der Waals surface area contributed by atoms with Gasteiger partial charge in [-0.05, 0) is 24.6 Å². The quantitative estimate of drug-likeness (QED) is 0.427. The summed E-state index contributed by atoms with van der Waals surface area (Å²) in [7, 11) is 0. The topological polar surface area (TPSA) is 81.8 Å². The van der Waals surface area contributed by atoms with Crippen LogP contribution >= 0.6 is 0 Å². The van der Waals surface area contributed by atoms with Crippen molar-refractivity contribution in [1.82, 2.24) is 0 Å². The van der Waals surface area contributed by atoms with Gasteiger partial charge in [-0.1, -0.05) is 13.3 Å². The Kier molecular flexibility index (Phi) is 6.74. The zero-order valence-corrected chi connectivity index (χ0v) is 11.2. The maximum Gasteiger partial charge on any atom is 0.338 e. The van der Waals surface area contributed by atoms with Gasteiger partial charge in [-0.3, -0.25) is 0 Å². The van der Waals surface area contributed by atoms with Crippen molar-refractivity contribution in [3.05, 3.63) is 23.8 Å². The molecule has 0 atom stereocenters. The van der Waals surface area contributed by atoms with Gasteiger partial charge in [0.25, 0.3) is 0 Å². The lowest BCUT2D eigenvalue weighted by atomic mass is 10.2. The molecule has 0 amide bonds. The van der Waals surface area contributed by atoms with Crippen LogP contribution in [-0.2, 0) is 4.74 Å². The van der Waals surface area contributed by atoms with Crippen LogP contribution in [0.2, 0.25) is 0 Å². The van der Waals surface area contributed by atoms with Gasteiger partial charge in [0.15, 0.2) is 0 Å². The second-order valence-electron chi connectivity index (χ2n) is 4.17. The number of anilines is 1. The Bertz CT molecular complexity index is 406. The summed E-state index contributed by atoms with van der Waals surface area (Å²) in [5, 5.41) is 8.66. The van der Waals surface area contributed by atoms with Gasteiger partial charge >= 0.3 is 5.97 Å². The lowest BCUT2D eigenvalue weighted by Gasteiger charge is -2.10. The second kappa shape index (κ2) is 8.37. The highest BCUT2D eigenvalue weighted by Gasteiger charge is 2.10. The molecule has 0 saturated carbocycles. The van der Waals surface area contributed by atoms with Crippen LogP contribution in [0.4, 0.5) is 5.69 Å². The van der Waals surface area contributed by atoms with Crippen LogP contribution in [0, 0.1) is 0 Å². The summed E-state index contributed by atoms with van der Waals surface area (Å²) in [5.74, 6) is 0.139. The first kappa shape index (κ1) is 15.3. The van der Waals surface area contributed by atoms with E-state index in [1.54, 1.807) is 18.2 Å². The second-order valence-corrected chi connectivity index (χ2v) is 4.17. The zero-order chi connectivity index (χ0) is 14.1. The van der Waals surface area contributed by atoms with Gasteiger partial charge in [0, 0.05) is 13.0 Å². The molecule has 5 nitrogen and oxygen atoms in total. The molecule has 0 aliphatic heterocycles. The number of nitrogen functional groups attached to an aromatic ring is 1. The molecule has 0 radical (unpaired) electrons. The Morgan fingerprint density at radius 3 is 2.74 bits per heavy atom. The third-order valence-electron chi connectivity index (χ3n) is 2.54. The summed E-state index contributed by atoms with van der Waals surface area (Å²) >= 11 is 0. The first-order chi connectivity index (χ1) is 9.19. The van der Waals surface area contributed by atoms with E-state index in [9.17, 15) is 4.79 Å². The van der Waals surface area contributed by atoms with E-state index in [1.807, 2.05) is 6.92 Å². The van der Waals surface area contributed by atoms with Crippen molar-refractivity contribution in [2.45, 2.75) is 26.2 Å². The number of esters is 1. The van der Waals surface area contributed by atoms with E-state index in [0.29, 0.717) is 36.6 Å². The molecule has 1 aromatic rings. The minimum Gasteiger partial charge on any atom is -0.491 e. The molecule has 106 valence electrons. The molecule has 1 rings (SSSR count). The average molecular weight is 267 g/mol. The van der Waals surface area contributed by atoms with Gasteiger partial charge < -0.3 is 20.3 Å². The molecule has 5 heteroatoms. The molecular formula is C14H21NO4. The number of aliphatic hydroxyl groups is 1. The van der Waals surface area contributed by atoms with Gasteiger partial charge in [0.05, 0.1) is 24.5 Å². The van der Waals surface area contributed by atoms with Gasteiger partial charge in [-0.2, -0.15) is 0 Å². The fourth-order valence-electron chi connectivity index (χ4n) is 1.45. The first-order valence-electron chi connectivity index (χ1n) is 6.49. The maximum absolute atomic E-state index is 11.7. The SMILES string of the molecule is CCCCOC(=O)c1ccc(OCCCO)c(N)c1. The fraction of sp³-hybridized carbons (Fsp3) is 0.500. The van der Waals surface area contributed by atoms with Gasteiger partial charge in [-0.15, -0.1) is 0 Å². The molecule has 0 saturated heterocycles. The first-order valence-corrected chi connectivity index (χ1v) is 6.49. The molecule has 0 spiro atoms. The van der Waals surface area contributed by atoms with Gasteiger partial charge in [-0.25, -0.2) is 4.79 Å². The van der Waals surface area contributed by atoms with E-state index in [4.69, 9.17) is 20.3 Å². The van der Waals surface area contributed by atoms with Crippen molar-refractivity contribution >= 4 is 11.7 Å². The highest BCUT2D eigenvalue weighted by Crippen LogP contribution is 2.23.